The van der Waals surface area contributed by atoms with Gasteiger partial charge in [0.2, 0.25) is 11.8 Å². The predicted molar refractivity (Wildman–Crippen MR) is 83.7 cm³/mol. The summed E-state index contributed by atoms with van der Waals surface area (Å²) in [6.45, 7) is -0.517. The monoisotopic (exact) mass is 374 g/mol. The van der Waals surface area contributed by atoms with E-state index in [9.17, 15) is 27.6 Å². The fraction of sp³-hybridized carbons (Fsp3) is 0.438. The Balaban J connectivity index is 1.97. The molecule has 1 atom stereocenters. The number of hydrogen-bond donors (Lipinski definition) is 2. The first-order valence-corrected chi connectivity index (χ1v) is 7.66. The van der Waals surface area contributed by atoms with Crippen LogP contribution in [0.5, 0.6) is 5.75 Å². The average Bonchev–Trinajstić information content (AvgIpc) is 2.86. The number of anilines is 1. The Bertz CT molecular complexity index is 720. The van der Waals surface area contributed by atoms with Crippen LogP contribution in [-0.2, 0) is 14.4 Å². The first kappa shape index (κ1) is 19.5. The number of halogens is 3. The number of nitrogens with zero attached hydrogens (tertiary/aromatic N) is 1. The SMILES string of the molecule is Cc1cc(OCC(=O)O)ccc1NC(=O)C1CC(=O)N(CC(F)(F)F)C1. The molecule has 2 rings (SSSR count). The first-order valence-electron chi connectivity index (χ1n) is 7.66. The van der Waals surface area contributed by atoms with Crippen LogP contribution in [0.2, 0.25) is 0 Å². The van der Waals surface area contributed by atoms with Crippen LogP contribution in [0.15, 0.2) is 18.2 Å². The molecule has 1 aromatic rings. The second-order valence-corrected chi connectivity index (χ2v) is 5.94. The lowest BCUT2D eigenvalue weighted by Crippen LogP contribution is -2.36. The molecule has 142 valence electrons. The van der Waals surface area contributed by atoms with Gasteiger partial charge in [-0.15, -0.1) is 0 Å². The van der Waals surface area contributed by atoms with Crippen LogP contribution < -0.4 is 10.1 Å². The number of carboxylic acids is 1. The summed E-state index contributed by atoms with van der Waals surface area (Å²) in [5.74, 6) is -2.96. The molecule has 1 saturated heterocycles. The number of aryl methyl sites for hydroxylation is 1. The number of amides is 2. The third-order valence-electron chi connectivity index (χ3n) is 3.77. The number of carbonyl (C=O) groups excluding carboxylic acids is 2. The van der Waals surface area contributed by atoms with E-state index in [0.29, 0.717) is 21.9 Å². The number of rotatable bonds is 6. The number of carbonyl (C=O) groups is 3. The van der Waals surface area contributed by atoms with E-state index < -0.39 is 43.0 Å². The number of hydrogen-bond acceptors (Lipinski definition) is 4. The minimum absolute atomic E-state index is 0.277. The largest absolute Gasteiger partial charge is 0.482 e. The lowest BCUT2D eigenvalue weighted by Gasteiger charge is -2.18. The van der Waals surface area contributed by atoms with Crippen LogP contribution in [-0.4, -0.2) is 53.7 Å². The van der Waals surface area contributed by atoms with Crippen molar-refractivity contribution in [3.8, 4) is 5.75 Å². The average molecular weight is 374 g/mol. The Morgan fingerprint density at radius 1 is 1.38 bits per heavy atom. The number of aliphatic carboxylic acids is 1. The molecular formula is C16H17F3N2O5. The van der Waals surface area contributed by atoms with Crippen LogP contribution in [0.4, 0.5) is 18.9 Å². The Morgan fingerprint density at radius 3 is 2.65 bits per heavy atom. The van der Waals surface area contributed by atoms with Gasteiger partial charge in [0, 0.05) is 18.7 Å². The summed E-state index contributed by atoms with van der Waals surface area (Å²) in [5, 5.41) is 11.1. The molecule has 1 aliphatic rings. The third-order valence-corrected chi connectivity index (χ3v) is 3.77. The molecule has 1 unspecified atom stereocenters. The van der Waals surface area contributed by atoms with E-state index in [-0.39, 0.29) is 13.0 Å². The Morgan fingerprint density at radius 2 is 2.08 bits per heavy atom. The van der Waals surface area contributed by atoms with E-state index in [0.717, 1.165) is 0 Å². The van der Waals surface area contributed by atoms with Crippen LogP contribution in [0.3, 0.4) is 0 Å². The first-order chi connectivity index (χ1) is 12.0. The zero-order valence-corrected chi connectivity index (χ0v) is 13.8. The molecule has 1 heterocycles. The zero-order chi connectivity index (χ0) is 19.5. The smallest absolute Gasteiger partial charge is 0.406 e. The van der Waals surface area contributed by atoms with Crippen LogP contribution in [0, 0.1) is 12.8 Å². The van der Waals surface area contributed by atoms with Crippen molar-refractivity contribution in [3.63, 3.8) is 0 Å². The molecule has 1 fully saturated rings. The molecule has 0 aromatic heterocycles. The van der Waals surface area contributed by atoms with E-state index >= 15 is 0 Å². The predicted octanol–water partition coefficient (Wildman–Crippen LogP) is 1.81. The molecular weight excluding hydrogens is 357 g/mol. The second kappa shape index (κ2) is 7.63. The third kappa shape index (κ3) is 5.36. The van der Waals surface area contributed by atoms with Crippen molar-refractivity contribution in [1.29, 1.82) is 0 Å². The van der Waals surface area contributed by atoms with Gasteiger partial charge in [-0.25, -0.2) is 4.79 Å². The minimum atomic E-state index is -4.51. The maximum Gasteiger partial charge on any atom is 0.406 e. The highest BCUT2D eigenvalue weighted by Gasteiger charge is 2.40. The van der Waals surface area contributed by atoms with Gasteiger partial charge < -0.3 is 20.1 Å². The van der Waals surface area contributed by atoms with Gasteiger partial charge >= 0.3 is 12.1 Å². The highest BCUT2D eigenvalue weighted by molar-refractivity contribution is 5.97. The summed E-state index contributed by atoms with van der Waals surface area (Å²) in [6, 6.07) is 4.48. The summed E-state index contributed by atoms with van der Waals surface area (Å²) in [5.41, 5.74) is 0.983. The van der Waals surface area contributed by atoms with E-state index in [2.05, 4.69) is 5.32 Å². The van der Waals surface area contributed by atoms with Gasteiger partial charge in [-0.2, -0.15) is 13.2 Å². The van der Waals surface area contributed by atoms with Gasteiger partial charge in [-0.1, -0.05) is 0 Å². The molecule has 0 radical (unpaired) electrons. The molecule has 7 nitrogen and oxygen atoms in total. The van der Waals surface area contributed by atoms with E-state index in [1.165, 1.54) is 18.2 Å². The van der Waals surface area contributed by atoms with Gasteiger partial charge in [0.25, 0.3) is 0 Å². The minimum Gasteiger partial charge on any atom is -0.482 e. The van der Waals surface area contributed by atoms with Crippen molar-refractivity contribution in [2.45, 2.75) is 19.5 Å². The molecule has 0 saturated carbocycles. The number of nitrogens with one attached hydrogen (secondary N) is 1. The van der Waals surface area contributed by atoms with Crippen molar-refractivity contribution in [2.75, 3.05) is 25.0 Å². The number of carboxylic acid groups (broad SMARTS) is 1. The molecule has 10 heteroatoms. The van der Waals surface area contributed by atoms with Crippen molar-refractivity contribution >= 4 is 23.5 Å². The molecule has 0 spiro atoms. The van der Waals surface area contributed by atoms with E-state index in [1.54, 1.807) is 6.92 Å². The Kier molecular flexibility index (Phi) is 5.73. The quantitative estimate of drug-likeness (QED) is 0.792. The number of benzene rings is 1. The van der Waals surface area contributed by atoms with Crippen molar-refractivity contribution < 1.29 is 37.4 Å². The molecule has 1 aromatic carbocycles. The maximum absolute atomic E-state index is 12.4. The summed E-state index contributed by atoms with van der Waals surface area (Å²) in [4.78, 5) is 35.0. The van der Waals surface area contributed by atoms with Gasteiger partial charge in [-0.05, 0) is 30.7 Å². The van der Waals surface area contributed by atoms with Crippen LogP contribution >= 0.6 is 0 Å². The van der Waals surface area contributed by atoms with Gasteiger partial charge in [0.05, 0.1) is 5.92 Å². The Hall–Kier alpha value is -2.78. The van der Waals surface area contributed by atoms with E-state index in [1.807, 2.05) is 0 Å². The normalized spacial score (nSPS) is 17.3. The standard InChI is InChI=1S/C16H17F3N2O5/c1-9-4-11(26-7-14(23)24)2-3-12(9)20-15(25)10-5-13(22)21(6-10)8-16(17,18)19/h2-4,10H,5-8H2,1H3,(H,20,25)(H,23,24). The summed E-state index contributed by atoms with van der Waals surface area (Å²) < 4.78 is 42.3. The van der Waals surface area contributed by atoms with Gasteiger partial charge in [0.15, 0.2) is 6.61 Å². The van der Waals surface area contributed by atoms with E-state index in [4.69, 9.17) is 9.84 Å². The number of ether oxygens (including phenoxy) is 1. The molecule has 1 aliphatic heterocycles. The second-order valence-electron chi connectivity index (χ2n) is 5.94. The molecule has 2 N–H and O–H groups in total. The van der Waals surface area contributed by atoms with Crippen LogP contribution in [0.25, 0.3) is 0 Å². The highest BCUT2D eigenvalue weighted by atomic mass is 19.4. The molecule has 26 heavy (non-hydrogen) atoms. The lowest BCUT2D eigenvalue weighted by molar-refractivity contribution is -0.157. The zero-order valence-electron chi connectivity index (χ0n) is 13.8. The summed E-state index contributed by atoms with van der Waals surface area (Å²) in [7, 11) is 0. The lowest BCUT2D eigenvalue weighted by atomic mass is 10.1. The van der Waals surface area contributed by atoms with Crippen molar-refractivity contribution in [2.24, 2.45) is 5.92 Å². The molecule has 0 bridgehead atoms. The summed E-state index contributed by atoms with van der Waals surface area (Å²) >= 11 is 0. The van der Waals surface area contributed by atoms with Gasteiger partial charge in [0.1, 0.15) is 12.3 Å². The van der Waals surface area contributed by atoms with Gasteiger partial charge in [-0.3, -0.25) is 9.59 Å². The highest BCUT2D eigenvalue weighted by Crippen LogP contribution is 2.26. The molecule has 0 aliphatic carbocycles. The fourth-order valence-corrected chi connectivity index (χ4v) is 2.56. The van der Waals surface area contributed by atoms with Crippen LogP contribution in [0.1, 0.15) is 12.0 Å². The van der Waals surface area contributed by atoms with Crippen molar-refractivity contribution in [3.05, 3.63) is 23.8 Å². The molecule has 2 amide bonds. The van der Waals surface area contributed by atoms with Crippen molar-refractivity contribution in [1.82, 2.24) is 4.90 Å². The fourth-order valence-electron chi connectivity index (χ4n) is 2.56. The summed E-state index contributed by atoms with van der Waals surface area (Å²) in [6.07, 6.45) is -4.79. The number of likely N-dealkylation sites (tertiary alicyclic amines) is 1. The topological polar surface area (TPSA) is 95.9 Å². The Labute approximate surface area is 146 Å². The number of alkyl halides is 3. The maximum atomic E-state index is 12.4.